The van der Waals surface area contributed by atoms with Crippen LogP contribution in [0.1, 0.15) is 18.1 Å². The van der Waals surface area contributed by atoms with E-state index in [4.69, 9.17) is 4.74 Å². The van der Waals surface area contributed by atoms with Crippen molar-refractivity contribution in [2.45, 2.75) is 19.9 Å². The van der Waals surface area contributed by atoms with Gasteiger partial charge in [0.25, 0.3) is 0 Å². The summed E-state index contributed by atoms with van der Waals surface area (Å²) in [6.45, 7) is 2.67. The van der Waals surface area contributed by atoms with E-state index >= 15 is 0 Å². The monoisotopic (exact) mass is 335 g/mol. The highest BCUT2D eigenvalue weighted by Gasteiger charge is 2.05. The first-order chi connectivity index (χ1) is 9.63. The number of benzene rings is 2. The molecule has 2 rings (SSSR count). The largest absolute Gasteiger partial charge is 0.508 e. The van der Waals surface area contributed by atoms with Crippen LogP contribution < -0.4 is 10.1 Å². The molecular formula is C16H18BrNO2. The molecule has 0 heterocycles. The zero-order valence-electron chi connectivity index (χ0n) is 11.6. The van der Waals surface area contributed by atoms with E-state index in [1.54, 1.807) is 19.2 Å². The highest BCUT2D eigenvalue weighted by molar-refractivity contribution is 9.10. The summed E-state index contributed by atoms with van der Waals surface area (Å²) in [5.74, 6) is 1.01. The van der Waals surface area contributed by atoms with Crippen LogP contribution in [-0.4, -0.2) is 12.2 Å². The summed E-state index contributed by atoms with van der Waals surface area (Å²) < 4.78 is 6.25. The van der Waals surface area contributed by atoms with Gasteiger partial charge in [-0.05, 0) is 48.4 Å². The number of rotatable bonds is 5. The van der Waals surface area contributed by atoms with Crippen molar-refractivity contribution >= 4 is 21.6 Å². The second-order valence-corrected chi connectivity index (χ2v) is 5.42. The molecular weight excluding hydrogens is 318 g/mol. The van der Waals surface area contributed by atoms with E-state index in [0.29, 0.717) is 6.54 Å². The molecule has 0 saturated carbocycles. The van der Waals surface area contributed by atoms with Gasteiger partial charge in [-0.1, -0.05) is 22.9 Å². The number of aromatic hydroxyl groups is 1. The second-order valence-electron chi connectivity index (χ2n) is 4.50. The van der Waals surface area contributed by atoms with E-state index < -0.39 is 0 Å². The Kier molecular flexibility index (Phi) is 4.90. The number of methoxy groups -OCH3 is 1. The molecule has 2 N–H and O–H groups in total. The van der Waals surface area contributed by atoms with Crippen LogP contribution in [0.5, 0.6) is 11.5 Å². The lowest BCUT2D eigenvalue weighted by Gasteiger charge is -2.13. The van der Waals surface area contributed by atoms with E-state index in [2.05, 4.69) is 34.2 Å². The molecule has 0 aliphatic carbocycles. The average Bonchev–Trinajstić information content (AvgIpc) is 2.47. The van der Waals surface area contributed by atoms with Gasteiger partial charge in [0.2, 0.25) is 0 Å². The zero-order chi connectivity index (χ0) is 14.5. The van der Waals surface area contributed by atoms with E-state index in [-0.39, 0.29) is 5.75 Å². The SMILES string of the molecule is CCc1cc(Br)ccc1NCc1cc(OC)ccc1O. The van der Waals surface area contributed by atoms with Gasteiger partial charge in [0, 0.05) is 22.3 Å². The van der Waals surface area contributed by atoms with Crippen molar-refractivity contribution in [3.05, 3.63) is 52.0 Å². The Morgan fingerprint density at radius 1 is 1.15 bits per heavy atom. The third kappa shape index (κ3) is 3.45. The van der Waals surface area contributed by atoms with E-state index in [0.717, 1.165) is 27.9 Å². The Hall–Kier alpha value is -1.68. The maximum absolute atomic E-state index is 9.88. The number of hydrogen-bond acceptors (Lipinski definition) is 3. The van der Waals surface area contributed by atoms with Gasteiger partial charge in [0.1, 0.15) is 11.5 Å². The smallest absolute Gasteiger partial charge is 0.120 e. The van der Waals surface area contributed by atoms with Gasteiger partial charge in [-0.25, -0.2) is 0 Å². The summed E-state index contributed by atoms with van der Waals surface area (Å²) in [6, 6.07) is 11.4. The van der Waals surface area contributed by atoms with Crippen LogP contribution in [0.3, 0.4) is 0 Å². The molecule has 4 heteroatoms. The first kappa shape index (κ1) is 14.7. The molecule has 0 amide bonds. The number of phenols is 1. The standard InChI is InChI=1S/C16H18BrNO2/c1-3-11-8-13(17)4-6-15(11)18-10-12-9-14(20-2)5-7-16(12)19/h4-9,18-19H,3,10H2,1-2H3. The maximum Gasteiger partial charge on any atom is 0.120 e. The highest BCUT2D eigenvalue weighted by Crippen LogP contribution is 2.26. The summed E-state index contributed by atoms with van der Waals surface area (Å²) in [5, 5.41) is 13.2. The molecule has 0 aliphatic rings. The van der Waals surface area contributed by atoms with Crippen molar-refractivity contribution in [1.29, 1.82) is 0 Å². The second kappa shape index (κ2) is 6.66. The first-order valence-electron chi connectivity index (χ1n) is 6.52. The van der Waals surface area contributed by atoms with E-state index in [9.17, 15) is 5.11 Å². The number of hydrogen-bond donors (Lipinski definition) is 2. The van der Waals surface area contributed by atoms with Crippen molar-refractivity contribution in [3.8, 4) is 11.5 Å². The minimum Gasteiger partial charge on any atom is -0.508 e. The van der Waals surface area contributed by atoms with E-state index in [1.807, 2.05) is 18.2 Å². The maximum atomic E-state index is 9.88. The lowest BCUT2D eigenvalue weighted by Crippen LogP contribution is -2.02. The minimum atomic E-state index is 0.272. The van der Waals surface area contributed by atoms with Gasteiger partial charge < -0.3 is 15.2 Å². The Balaban J connectivity index is 2.16. The molecule has 0 fully saturated rings. The number of phenolic OH excluding ortho intramolecular Hbond substituents is 1. The van der Waals surface area contributed by atoms with Crippen LogP contribution in [0, 0.1) is 0 Å². The summed E-state index contributed by atoms with van der Waals surface area (Å²) in [5.41, 5.74) is 3.13. The number of halogens is 1. The minimum absolute atomic E-state index is 0.272. The van der Waals surface area contributed by atoms with Crippen molar-refractivity contribution in [3.63, 3.8) is 0 Å². The molecule has 0 saturated heterocycles. The van der Waals surface area contributed by atoms with Crippen LogP contribution >= 0.6 is 15.9 Å². The van der Waals surface area contributed by atoms with Crippen LogP contribution in [0.15, 0.2) is 40.9 Å². The first-order valence-corrected chi connectivity index (χ1v) is 7.31. The molecule has 0 unspecified atom stereocenters. The van der Waals surface area contributed by atoms with E-state index in [1.165, 1.54) is 5.56 Å². The molecule has 0 aliphatic heterocycles. The van der Waals surface area contributed by atoms with Gasteiger partial charge in [0.15, 0.2) is 0 Å². The summed E-state index contributed by atoms with van der Waals surface area (Å²) >= 11 is 3.48. The van der Waals surface area contributed by atoms with Crippen molar-refractivity contribution < 1.29 is 9.84 Å². The van der Waals surface area contributed by atoms with Gasteiger partial charge in [-0.2, -0.15) is 0 Å². The predicted molar refractivity (Wildman–Crippen MR) is 85.5 cm³/mol. The number of aryl methyl sites for hydroxylation is 1. The molecule has 106 valence electrons. The number of ether oxygens (including phenoxy) is 1. The molecule has 0 aromatic heterocycles. The Bertz CT molecular complexity index is 599. The van der Waals surface area contributed by atoms with Crippen molar-refractivity contribution in [2.75, 3.05) is 12.4 Å². The normalized spacial score (nSPS) is 10.3. The topological polar surface area (TPSA) is 41.5 Å². The quantitative estimate of drug-likeness (QED) is 0.854. The zero-order valence-corrected chi connectivity index (χ0v) is 13.2. The summed E-state index contributed by atoms with van der Waals surface area (Å²) in [6.07, 6.45) is 0.950. The average molecular weight is 336 g/mol. The fraction of sp³-hybridized carbons (Fsp3) is 0.250. The number of anilines is 1. The third-order valence-electron chi connectivity index (χ3n) is 3.20. The molecule has 0 atom stereocenters. The Morgan fingerprint density at radius 3 is 2.65 bits per heavy atom. The van der Waals surface area contributed by atoms with Gasteiger partial charge in [-0.3, -0.25) is 0 Å². The Labute approximate surface area is 127 Å². The van der Waals surface area contributed by atoms with Crippen LogP contribution in [0.2, 0.25) is 0 Å². The predicted octanol–water partition coefficient (Wildman–Crippen LogP) is 4.34. The fourth-order valence-corrected chi connectivity index (χ4v) is 2.46. The Morgan fingerprint density at radius 2 is 1.95 bits per heavy atom. The van der Waals surface area contributed by atoms with Crippen LogP contribution in [0.4, 0.5) is 5.69 Å². The molecule has 2 aromatic carbocycles. The highest BCUT2D eigenvalue weighted by atomic mass is 79.9. The molecule has 20 heavy (non-hydrogen) atoms. The molecule has 3 nitrogen and oxygen atoms in total. The van der Waals surface area contributed by atoms with Crippen molar-refractivity contribution in [2.24, 2.45) is 0 Å². The fourth-order valence-electron chi connectivity index (χ4n) is 2.05. The third-order valence-corrected chi connectivity index (χ3v) is 3.70. The molecule has 0 spiro atoms. The lowest BCUT2D eigenvalue weighted by molar-refractivity contribution is 0.411. The van der Waals surface area contributed by atoms with Gasteiger partial charge in [-0.15, -0.1) is 0 Å². The van der Waals surface area contributed by atoms with Crippen LogP contribution in [0.25, 0.3) is 0 Å². The molecule has 0 bridgehead atoms. The molecule has 0 radical (unpaired) electrons. The summed E-state index contributed by atoms with van der Waals surface area (Å²) in [7, 11) is 1.62. The summed E-state index contributed by atoms with van der Waals surface area (Å²) in [4.78, 5) is 0. The van der Waals surface area contributed by atoms with Gasteiger partial charge in [0.05, 0.1) is 7.11 Å². The molecule has 2 aromatic rings. The lowest BCUT2D eigenvalue weighted by atomic mass is 10.1. The van der Waals surface area contributed by atoms with Crippen molar-refractivity contribution in [1.82, 2.24) is 0 Å². The van der Waals surface area contributed by atoms with Crippen LogP contribution in [-0.2, 0) is 13.0 Å². The number of nitrogens with one attached hydrogen (secondary N) is 1. The van der Waals surface area contributed by atoms with Gasteiger partial charge >= 0.3 is 0 Å².